The summed E-state index contributed by atoms with van der Waals surface area (Å²) in [6, 6.07) is 20.1. The maximum absolute atomic E-state index is 13.8. The topological polar surface area (TPSA) is 64.7 Å². The van der Waals surface area contributed by atoms with Crippen molar-refractivity contribution in [1.29, 1.82) is 0 Å². The molecule has 8 rings (SSSR count). The van der Waals surface area contributed by atoms with Crippen LogP contribution in [0.2, 0.25) is 0 Å². The Bertz CT molecular complexity index is 1350. The monoisotopic (exact) mass is 477 g/mol. The second kappa shape index (κ2) is 8.47. The van der Waals surface area contributed by atoms with Crippen molar-refractivity contribution >= 4 is 11.6 Å². The van der Waals surface area contributed by atoms with Crippen LogP contribution in [0.1, 0.15) is 60.1 Å². The SMILES string of the molecule is O=C(Nc1cccc(Cn2cccn2)c1)c1cn(-c2ccccc2)nc1C12CC3CC(CC(C3)C1)C2. The van der Waals surface area contributed by atoms with E-state index in [1.54, 1.807) is 6.20 Å². The van der Waals surface area contributed by atoms with Crippen molar-refractivity contribution in [1.82, 2.24) is 19.6 Å². The number of para-hydroxylation sites is 1. The number of amides is 1. The van der Waals surface area contributed by atoms with Crippen LogP contribution < -0.4 is 5.32 Å². The zero-order chi connectivity index (χ0) is 24.1. The molecule has 6 nitrogen and oxygen atoms in total. The molecule has 4 aliphatic carbocycles. The van der Waals surface area contributed by atoms with Gasteiger partial charge in [-0.2, -0.15) is 10.2 Å². The Morgan fingerprint density at radius 2 is 1.69 bits per heavy atom. The number of carbonyl (C=O) groups excluding carboxylic acids is 1. The quantitative estimate of drug-likeness (QED) is 0.380. The molecular formula is C30H31N5O. The molecule has 1 N–H and O–H groups in total. The van der Waals surface area contributed by atoms with E-state index in [-0.39, 0.29) is 11.3 Å². The van der Waals surface area contributed by atoms with Gasteiger partial charge in [-0.3, -0.25) is 9.48 Å². The number of rotatable bonds is 6. The van der Waals surface area contributed by atoms with Crippen molar-refractivity contribution in [3.63, 3.8) is 0 Å². The molecule has 2 heterocycles. The molecule has 1 amide bonds. The smallest absolute Gasteiger partial charge is 0.259 e. The lowest BCUT2D eigenvalue weighted by atomic mass is 9.48. The van der Waals surface area contributed by atoms with E-state index in [1.165, 1.54) is 38.5 Å². The maximum atomic E-state index is 13.8. The van der Waals surface area contributed by atoms with Gasteiger partial charge >= 0.3 is 0 Å². The Balaban J connectivity index is 1.23. The second-order valence-electron chi connectivity index (χ2n) is 11.2. The first-order chi connectivity index (χ1) is 17.6. The van der Waals surface area contributed by atoms with Crippen molar-refractivity contribution in [3.05, 3.63) is 96.1 Å². The highest BCUT2D eigenvalue weighted by atomic mass is 16.1. The summed E-state index contributed by atoms with van der Waals surface area (Å²) in [6.45, 7) is 0.668. The van der Waals surface area contributed by atoms with Gasteiger partial charge in [0.2, 0.25) is 0 Å². The lowest BCUT2D eigenvalue weighted by Crippen LogP contribution is -2.49. The molecule has 0 unspecified atom stereocenters. The summed E-state index contributed by atoms with van der Waals surface area (Å²) in [7, 11) is 0. The van der Waals surface area contributed by atoms with Crippen LogP contribution in [-0.2, 0) is 12.0 Å². The van der Waals surface area contributed by atoms with Gasteiger partial charge in [0.05, 0.1) is 23.5 Å². The minimum atomic E-state index is -0.0702. The molecular weight excluding hydrogens is 446 g/mol. The molecule has 0 saturated heterocycles. The molecule has 4 aliphatic rings. The minimum Gasteiger partial charge on any atom is -0.322 e. The first kappa shape index (κ1) is 21.6. The third kappa shape index (κ3) is 3.85. The zero-order valence-electron chi connectivity index (χ0n) is 20.4. The third-order valence-electron chi connectivity index (χ3n) is 8.61. The molecule has 6 heteroatoms. The summed E-state index contributed by atoms with van der Waals surface area (Å²) in [6.07, 6.45) is 13.3. The van der Waals surface area contributed by atoms with E-state index in [0.29, 0.717) is 6.54 Å². The van der Waals surface area contributed by atoms with E-state index in [2.05, 4.69) is 28.6 Å². The van der Waals surface area contributed by atoms with Crippen LogP contribution in [0.25, 0.3) is 5.69 Å². The highest BCUT2D eigenvalue weighted by molar-refractivity contribution is 6.05. The second-order valence-corrected chi connectivity index (χ2v) is 11.2. The van der Waals surface area contributed by atoms with Crippen molar-refractivity contribution in [2.45, 2.75) is 50.5 Å². The average molecular weight is 478 g/mol. The van der Waals surface area contributed by atoms with Gasteiger partial charge in [0.15, 0.2) is 0 Å². The molecule has 2 aromatic carbocycles. The fourth-order valence-corrected chi connectivity index (χ4v) is 7.57. The Morgan fingerprint density at radius 1 is 0.944 bits per heavy atom. The Morgan fingerprint density at radius 3 is 2.39 bits per heavy atom. The highest BCUT2D eigenvalue weighted by Gasteiger charge is 2.53. The van der Waals surface area contributed by atoms with Gasteiger partial charge in [-0.15, -0.1) is 0 Å². The van der Waals surface area contributed by atoms with Crippen LogP contribution >= 0.6 is 0 Å². The molecule has 0 atom stereocenters. The van der Waals surface area contributed by atoms with Gasteiger partial charge in [0.1, 0.15) is 0 Å². The molecule has 0 spiro atoms. The molecule has 4 bridgehead atoms. The van der Waals surface area contributed by atoms with Gasteiger partial charge in [0.25, 0.3) is 5.91 Å². The number of carbonyl (C=O) groups is 1. The van der Waals surface area contributed by atoms with Crippen molar-refractivity contribution in [3.8, 4) is 5.69 Å². The summed E-state index contributed by atoms with van der Waals surface area (Å²) in [4.78, 5) is 13.8. The standard InChI is InChI=1S/C30H31N5O/c36-29(32-25-7-4-6-21(15-25)19-34-11-5-10-31-34)27-20-35(26-8-2-1-3-9-26)33-28(27)30-16-22-12-23(17-30)14-24(13-22)18-30/h1-11,15,20,22-24H,12-14,16-19H2,(H,32,36). The van der Waals surface area contributed by atoms with E-state index in [9.17, 15) is 4.79 Å². The number of benzene rings is 2. The fourth-order valence-electron chi connectivity index (χ4n) is 7.57. The lowest BCUT2D eigenvalue weighted by molar-refractivity contribution is -0.00765. The molecule has 0 radical (unpaired) electrons. The van der Waals surface area contributed by atoms with Gasteiger partial charge in [-0.1, -0.05) is 30.3 Å². The first-order valence-electron chi connectivity index (χ1n) is 13.2. The molecule has 182 valence electrons. The highest BCUT2D eigenvalue weighted by Crippen LogP contribution is 2.60. The van der Waals surface area contributed by atoms with Crippen molar-refractivity contribution in [2.24, 2.45) is 17.8 Å². The Kier molecular flexibility index (Phi) is 5.08. The largest absolute Gasteiger partial charge is 0.322 e. The van der Waals surface area contributed by atoms with E-state index in [1.807, 2.05) is 64.2 Å². The fraction of sp³-hybridized carbons (Fsp3) is 0.367. The predicted molar refractivity (Wildman–Crippen MR) is 139 cm³/mol. The first-order valence-corrected chi connectivity index (χ1v) is 13.2. The van der Waals surface area contributed by atoms with Crippen LogP contribution in [0, 0.1) is 17.8 Å². The molecule has 36 heavy (non-hydrogen) atoms. The average Bonchev–Trinajstić information content (AvgIpc) is 3.55. The number of hydrogen-bond acceptors (Lipinski definition) is 3. The van der Waals surface area contributed by atoms with E-state index >= 15 is 0 Å². The Labute approximate surface area is 211 Å². The number of anilines is 1. The normalized spacial score (nSPS) is 26.3. The van der Waals surface area contributed by atoms with Gasteiger partial charge in [-0.05, 0) is 92.2 Å². The van der Waals surface area contributed by atoms with Crippen LogP contribution in [0.15, 0.2) is 79.3 Å². The van der Waals surface area contributed by atoms with E-state index in [0.717, 1.165) is 45.9 Å². The Hall–Kier alpha value is -3.67. The lowest BCUT2D eigenvalue weighted by Gasteiger charge is -2.56. The predicted octanol–water partition coefficient (Wildman–Crippen LogP) is 5.84. The van der Waals surface area contributed by atoms with Crippen LogP contribution in [0.3, 0.4) is 0 Å². The summed E-state index contributed by atoms with van der Waals surface area (Å²) >= 11 is 0. The molecule has 4 saturated carbocycles. The molecule has 4 aromatic rings. The van der Waals surface area contributed by atoms with Crippen LogP contribution in [0.5, 0.6) is 0 Å². The molecule has 2 aromatic heterocycles. The zero-order valence-corrected chi connectivity index (χ0v) is 20.4. The third-order valence-corrected chi connectivity index (χ3v) is 8.61. The summed E-state index contributed by atoms with van der Waals surface area (Å²) in [5.74, 6) is 2.29. The van der Waals surface area contributed by atoms with Crippen LogP contribution in [0.4, 0.5) is 5.69 Å². The number of nitrogens with zero attached hydrogens (tertiary/aromatic N) is 4. The molecule has 0 aliphatic heterocycles. The number of aromatic nitrogens is 4. The van der Waals surface area contributed by atoms with Crippen LogP contribution in [-0.4, -0.2) is 25.5 Å². The van der Waals surface area contributed by atoms with Crippen molar-refractivity contribution < 1.29 is 4.79 Å². The van der Waals surface area contributed by atoms with Gasteiger partial charge in [0, 0.05) is 29.7 Å². The van der Waals surface area contributed by atoms with Crippen molar-refractivity contribution in [2.75, 3.05) is 5.32 Å². The maximum Gasteiger partial charge on any atom is 0.259 e. The molecule has 4 fully saturated rings. The summed E-state index contributed by atoms with van der Waals surface area (Å²) in [5, 5.41) is 12.6. The van der Waals surface area contributed by atoms with E-state index in [4.69, 9.17) is 5.10 Å². The number of nitrogens with one attached hydrogen (secondary N) is 1. The van der Waals surface area contributed by atoms with Gasteiger partial charge in [-0.25, -0.2) is 4.68 Å². The summed E-state index contributed by atoms with van der Waals surface area (Å²) in [5.41, 5.74) is 4.65. The minimum absolute atomic E-state index is 0.0311. The van der Waals surface area contributed by atoms with Gasteiger partial charge < -0.3 is 5.32 Å². The number of hydrogen-bond donors (Lipinski definition) is 1. The summed E-state index contributed by atoms with van der Waals surface area (Å²) < 4.78 is 3.80. The van der Waals surface area contributed by atoms with E-state index < -0.39 is 0 Å².